The minimum absolute atomic E-state index is 0.123. The lowest BCUT2D eigenvalue weighted by molar-refractivity contribution is 0.313. The highest BCUT2D eigenvalue weighted by Crippen LogP contribution is 2.33. The Hall–Kier alpha value is -1.88. The molecule has 0 atom stereocenters. The van der Waals surface area contributed by atoms with E-state index in [1.54, 1.807) is 12.1 Å². The first kappa shape index (κ1) is 20.4. The van der Waals surface area contributed by atoms with Crippen LogP contribution >= 0.6 is 0 Å². The lowest BCUT2D eigenvalue weighted by Gasteiger charge is -2.13. The van der Waals surface area contributed by atoms with Gasteiger partial charge in [0, 0.05) is 10.8 Å². The van der Waals surface area contributed by atoms with E-state index >= 15 is 0 Å². The number of hydrogen-bond donors (Lipinski definition) is 2. The van der Waals surface area contributed by atoms with Crippen LogP contribution < -0.4 is 9.47 Å². The fraction of sp³-hybridized carbons (Fsp3) is 0.375. The summed E-state index contributed by atoms with van der Waals surface area (Å²) in [6.07, 6.45) is 0.308. The molecule has 2 aromatic carbocycles. The van der Waals surface area contributed by atoms with Crippen molar-refractivity contribution in [2.24, 2.45) is 0 Å². The Kier molecular flexibility index (Phi) is 6.81. The second-order valence-corrected chi connectivity index (χ2v) is 8.73. The normalized spacial score (nSPS) is 12.2. The van der Waals surface area contributed by atoms with E-state index in [1.165, 1.54) is 0 Å². The molecule has 0 unspecified atom stereocenters. The molecule has 144 valence electrons. The summed E-state index contributed by atoms with van der Waals surface area (Å²) in [5, 5.41) is 1.51. The Morgan fingerprint density at radius 2 is 1.08 bits per heavy atom. The lowest BCUT2D eigenvalue weighted by atomic mass is 10.1. The zero-order valence-electron chi connectivity index (χ0n) is 13.9. The predicted octanol–water partition coefficient (Wildman–Crippen LogP) is 2.15. The van der Waals surface area contributed by atoms with Crippen molar-refractivity contribution < 1.29 is 35.4 Å². The van der Waals surface area contributed by atoms with Gasteiger partial charge in [0.2, 0.25) is 0 Å². The molecule has 26 heavy (non-hydrogen) atoms. The Morgan fingerprint density at radius 1 is 0.692 bits per heavy atom. The standard InChI is InChI=1S/C16H20O8S2/c17-25(18,19)11-3-9-23-15-7-8-16(14-6-2-1-5-13(14)15)24-10-4-12-26(20,21)22/h1-2,5-8H,3-4,9-12H2,(H,17,18,19)(H,20,21,22). The average molecular weight is 404 g/mol. The summed E-state index contributed by atoms with van der Waals surface area (Å²) in [5.74, 6) is 0.335. The Morgan fingerprint density at radius 3 is 1.42 bits per heavy atom. The second-order valence-electron chi connectivity index (χ2n) is 5.58. The van der Waals surface area contributed by atoms with Crippen LogP contribution in [0.25, 0.3) is 10.8 Å². The maximum Gasteiger partial charge on any atom is 0.264 e. The molecule has 2 aromatic rings. The maximum atomic E-state index is 10.7. The zero-order chi connectivity index (χ0) is 19.2. The SMILES string of the molecule is O=S(=O)(O)CCCOc1ccc(OCCCS(=O)(=O)O)c2ccccc12. The van der Waals surface area contributed by atoms with Gasteiger partial charge >= 0.3 is 0 Å². The third-order valence-electron chi connectivity index (χ3n) is 3.45. The fourth-order valence-electron chi connectivity index (χ4n) is 2.34. The van der Waals surface area contributed by atoms with Crippen molar-refractivity contribution in [3.05, 3.63) is 36.4 Å². The molecule has 0 aliphatic carbocycles. The molecule has 0 saturated carbocycles. The van der Waals surface area contributed by atoms with Crippen LogP contribution in [0.2, 0.25) is 0 Å². The molecule has 0 bridgehead atoms. The van der Waals surface area contributed by atoms with Crippen LogP contribution in [0.4, 0.5) is 0 Å². The van der Waals surface area contributed by atoms with E-state index in [2.05, 4.69) is 0 Å². The van der Waals surface area contributed by atoms with Gasteiger partial charge in [-0.25, -0.2) is 0 Å². The smallest absolute Gasteiger partial charge is 0.264 e. The maximum absolute atomic E-state index is 10.7. The first-order valence-electron chi connectivity index (χ1n) is 7.83. The molecule has 0 amide bonds. The molecule has 2 rings (SSSR count). The third-order valence-corrected chi connectivity index (χ3v) is 5.06. The van der Waals surface area contributed by atoms with E-state index in [-0.39, 0.29) is 37.6 Å². The van der Waals surface area contributed by atoms with Gasteiger partial charge in [0.1, 0.15) is 11.5 Å². The van der Waals surface area contributed by atoms with E-state index in [0.29, 0.717) is 11.5 Å². The van der Waals surface area contributed by atoms with Gasteiger partial charge < -0.3 is 9.47 Å². The first-order chi connectivity index (χ1) is 12.2. The quantitative estimate of drug-likeness (QED) is 0.455. The Labute approximate surface area is 152 Å². The number of ether oxygens (including phenoxy) is 2. The summed E-state index contributed by atoms with van der Waals surface area (Å²) in [4.78, 5) is 0. The van der Waals surface area contributed by atoms with Crippen molar-refractivity contribution in [2.45, 2.75) is 12.8 Å². The van der Waals surface area contributed by atoms with Gasteiger partial charge in [0.05, 0.1) is 24.7 Å². The van der Waals surface area contributed by atoms with E-state index < -0.39 is 20.2 Å². The van der Waals surface area contributed by atoms with Crippen LogP contribution in [0, 0.1) is 0 Å². The minimum Gasteiger partial charge on any atom is -0.493 e. The summed E-state index contributed by atoms with van der Waals surface area (Å²) in [6.45, 7) is 0.247. The Bertz CT molecular complexity index is 873. The summed E-state index contributed by atoms with van der Waals surface area (Å²) < 4.78 is 71.5. The molecule has 2 N–H and O–H groups in total. The monoisotopic (exact) mass is 404 g/mol. The second kappa shape index (κ2) is 8.67. The molecule has 0 spiro atoms. The molecular weight excluding hydrogens is 384 g/mol. The fourth-order valence-corrected chi connectivity index (χ4v) is 3.31. The van der Waals surface area contributed by atoms with E-state index in [9.17, 15) is 16.8 Å². The predicted molar refractivity (Wildman–Crippen MR) is 97.0 cm³/mol. The van der Waals surface area contributed by atoms with Crippen LogP contribution in [0.15, 0.2) is 36.4 Å². The summed E-state index contributed by atoms with van der Waals surface area (Å²) in [6, 6.07) is 10.6. The van der Waals surface area contributed by atoms with Gasteiger partial charge in [-0.05, 0) is 25.0 Å². The summed E-state index contributed by atoms with van der Waals surface area (Å²) in [7, 11) is -8.02. The summed E-state index contributed by atoms with van der Waals surface area (Å²) in [5.41, 5.74) is 0. The van der Waals surface area contributed by atoms with Gasteiger partial charge in [-0.2, -0.15) is 16.8 Å². The highest BCUT2D eigenvalue weighted by Gasteiger charge is 2.10. The number of hydrogen-bond acceptors (Lipinski definition) is 6. The Balaban J connectivity index is 2.05. The summed E-state index contributed by atoms with van der Waals surface area (Å²) >= 11 is 0. The van der Waals surface area contributed by atoms with Crippen LogP contribution in [-0.4, -0.2) is 50.7 Å². The van der Waals surface area contributed by atoms with Crippen molar-refractivity contribution in [1.29, 1.82) is 0 Å². The zero-order valence-corrected chi connectivity index (χ0v) is 15.5. The first-order valence-corrected chi connectivity index (χ1v) is 11.1. The van der Waals surface area contributed by atoms with Crippen molar-refractivity contribution >= 4 is 31.0 Å². The average Bonchev–Trinajstić information content (AvgIpc) is 2.54. The van der Waals surface area contributed by atoms with E-state index in [1.807, 2.05) is 24.3 Å². The van der Waals surface area contributed by atoms with Crippen LogP contribution in [0.3, 0.4) is 0 Å². The van der Waals surface area contributed by atoms with Crippen LogP contribution in [-0.2, 0) is 20.2 Å². The van der Waals surface area contributed by atoms with Crippen molar-refractivity contribution in [2.75, 3.05) is 24.7 Å². The molecule has 10 heteroatoms. The van der Waals surface area contributed by atoms with Crippen LogP contribution in [0.1, 0.15) is 12.8 Å². The molecule has 0 fully saturated rings. The van der Waals surface area contributed by atoms with Gasteiger partial charge in [-0.3, -0.25) is 9.11 Å². The van der Waals surface area contributed by atoms with Crippen LogP contribution in [0.5, 0.6) is 11.5 Å². The number of rotatable bonds is 10. The van der Waals surface area contributed by atoms with Gasteiger partial charge in [-0.1, -0.05) is 24.3 Å². The number of benzene rings is 2. The molecule has 0 aliphatic heterocycles. The van der Waals surface area contributed by atoms with Crippen molar-refractivity contribution in [1.82, 2.24) is 0 Å². The lowest BCUT2D eigenvalue weighted by Crippen LogP contribution is -2.09. The van der Waals surface area contributed by atoms with E-state index in [4.69, 9.17) is 18.6 Å². The van der Waals surface area contributed by atoms with E-state index in [0.717, 1.165) is 10.8 Å². The molecular formula is C16H20O8S2. The topological polar surface area (TPSA) is 127 Å². The highest BCUT2D eigenvalue weighted by atomic mass is 32.2. The molecule has 0 aliphatic rings. The van der Waals surface area contributed by atoms with Gasteiger partial charge in [0.25, 0.3) is 20.2 Å². The molecule has 0 aromatic heterocycles. The largest absolute Gasteiger partial charge is 0.493 e. The van der Waals surface area contributed by atoms with Gasteiger partial charge in [0.15, 0.2) is 0 Å². The van der Waals surface area contributed by atoms with Gasteiger partial charge in [-0.15, -0.1) is 0 Å². The van der Waals surface area contributed by atoms with Crippen molar-refractivity contribution in [3.63, 3.8) is 0 Å². The molecule has 0 radical (unpaired) electrons. The molecule has 0 saturated heterocycles. The van der Waals surface area contributed by atoms with Crippen molar-refractivity contribution in [3.8, 4) is 11.5 Å². The number of fused-ring (bicyclic) bond motifs is 1. The molecule has 8 nitrogen and oxygen atoms in total. The third kappa shape index (κ3) is 6.79. The minimum atomic E-state index is -4.01. The molecule has 0 heterocycles. The highest BCUT2D eigenvalue weighted by molar-refractivity contribution is 7.86.